The van der Waals surface area contributed by atoms with E-state index in [9.17, 15) is 0 Å². The molecule has 0 aliphatic heterocycles. The Hall–Kier alpha value is -3.08. The number of anilines is 1. The van der Waals surface area contributed by atoms with E-state index in [0.717, 1.165) is 44.9 Å². The SMILES string of the molecule is CNc1cc2c(cn1)c(-c1cccc(-c3c(C)noc3C)c1)cn2C. The van der Waals surface area contributed by atoms with Crippen LogP contribution in [-0.2, 0) is 7.05 Å². The maximum Gasteiger partial charge on any atom is 0.141 e. The molecular formula is C20H20N4O. The summed E-state index contributed by atoms with van der Waals surface area (Å²) in [6.45, 7) is 3.92. The third-order valence-electron chi connectivity index (χ3n) is 4.63. The quantitative estimate of drug-likeness (QED) is 0.598. The standard InChI is InChI=1S/C20H20N4O/c1-12-20(13(2)25-23-12)15-7-5-6-14(8-15)17-11-24(4)18-9-19(21-3)22-10-16(17)18/h5-11H,1-4H3,(H,21,22). The monoisotopic (exact) mass is 332 g/mol. The fourth-order valence-electron chi connectivity index (χ4n) is 3.38. The van der Waals surface area contributed by atoms with Crippen LogP contribution in [0.3, 0.4) is 0 Å². The van der Waals surface area contributed by atoms with Crippen LogP contribution in [0.25, 0.3) is 33.2 Å². The second-order valence-electron chi connectivity index (χ2n) is 6.27. The normalized spacial score (nSPS) is 11.2. The van der Waals surface area contributed by atoms with Crippen molar-refractivity contribution in [3.05, 3.63) is 54.2 Å². The Labute approximate surface area is 146 Å². The summed E-state index contributed by atoms with van der Waals surface area (Å²) in [5.41, 5.74) is 6.57. The number of benzene rings is 1. The summed E-state index contributed by atoms with van der Waals surface area (Å²) < 4.78 is 7.46. The average Bonchev–Trinajstić information content (AvgIpc) is 3.14. The van der Waals surface area contributed by atoms with E-state index in [1.165, 1.54) is 5.56 Å². The number of aromatic nitrogens is 3. The summed E-state index contributed by atoms with van der Waals surface area (Å²) >= 11 is 0. The number of fused-ring (bicyclic) bond motifs is 1. The molecule has 4 rings (SSSR count). The molecule has 0 fully saturated rings. The van der Waals surface area contributed by atoms with Crippen LogP contribution in [0.15, 0.2) is 47.2 Å². The van der Waals surface area contributed by atoms with Crippen LogP contribution in [0.4, 0.5) is 5.82 Å². The first-order valence-electron chi connectivity index (χ1n) is 8.25. The third-order valence-corrected chi connectivity index (χ3v) is 4.63. The molecule has 5 heteroatoms. The molecule has 0 spiro atoms. The number of pyridine rings is 1. The highest BCUT2D eigenvalue weighted by Crippen LogP contribution is 2.34. The van der Waals surface area contributed by atoms with Crippen LogP contribution in [0.5, 0.6) is 0 Å². The molecule has 126 valence electrons. The lowest BCUT2D eigenvalue weighted by Crippen LogP contribution is -1.92. The van der Waals surface area contributed by atoms with Crippen molar-refractivity contribution in [3.63, 3.8) is 0 Å². The van der Waals surface area contributed by atoms with Crippen molar-refractivity contribution in [3.8, 4) is 22.3 Å². The molecule has 3 aromatic heterocycles. The Morgan fingerprint density at radius 2 is 1.92 bits per heavy atom. The Balaban J connectivity index is 1.89. The highest BCUT2D eigenvalue weighted by atomic mass is 16.5. The summed E-state index contributed by atoms with van der Waals surface area (Å²) in [6.07, 6.45) is 4.08. The first-order chi connectivity index (χ1) is 12.1. The van der Waals surface area contributed by atoms with Gasteiger partial charge in [0.05, 0.1) is 11.2 Å². The van der Waals surface area contributed by atoms with E-state index in [1.807, 2.05) is 27.1 Å². The number of hydrogen-bond acceptors (Lipinski definition) is 4. The van der Waals surface area contributed by atoms with Crippen molar-refractivity contribution in [2.75, 3.05) is 12.4 Å². The molecule has 0 unspecified atom stereocenters. The van der Waals surface area contributed by atoms with Gasteiger partial charge >= 0.3 is 0 Å². The zero-order chi connectivity index (χ0) is 17.6. The van der Waals surface area contributed by atoms with Crippen molar-refractivity contribution < 1.29 is 4.52 Å². The molecule has 0 saturated heterocycles. The number of nitrogens with one attached hydrogen (secondary N) is 1. The summed E-state index contributed by atoms with van der Waals surface area (Å²) in [4.78, 5) is 4.48. The highest BCUT2D eigenvalue weighted by molar-refractivity contribution is 5.97. The van der Waals surface area contributed by atoms with E-state index in [1.54, 1.807) is 0 Å². The maximum atomic E-state index is 5.32. The number of nitrogens with zero attached hydrogens (tertiary/aromatic N) is 3. The van der Waals surface area contributed by atoms with E-state index in [2.05, 4.69) is 63.6 Å². The average molecular weight is 332 g/mol. The van der Waals surface area contributed by atoms with Crippen molar-refractivity contribution in [2.24, 2.45) is 7.05 Å². The predicted octanol–water partition coefficient (Wildman–Crippen LogP) is 4.55. The van der Waals surface area contributed by atoms with Crippen molar-refractivity contribution in [2.45, 2.75) is 13.8 Å². The van der Waals surface area contributed by atoms with Gasteiger partial charge in [-0.3, -0.25) is 0 Å². The Kier molecular flexibility index (Phi) is 3.57. The largest absolute Gasteiger partial charge is 0.373 e. The molecule has 0 saturated carbocycles. The van der Waals surface area contributed by atoms with Crippen molar-refractivity contribution in [1.29, 1.82) is 0 Å². The molecule has 0 atom stereocenters. The topological polar surface area (TPSA) is 55.9 Å². The minimum atomic E-state index is 0.841. The highest BCUT2D eigenvalue weighted by Gasteiger charge is 2.14. The lowest BCUT2D eigenvalue weighted by atomic mass is 9.98. The van der Waals surface area contributed by atoms with E-state index < -0.39 is 0 Å². The van der Waals surface area contributed by atoms with Crippen LogP contribution in [0.2, 0.25) is 0 Å². The molecule has 0 aliphatic rings. The second-order valence-corrected chi connectivity index (χ2v) is 6.27. The predicted molar refractivity (Wildman–Crippen MR) is 101 cm³/mol. The minimum Gasteiger partial charge on any atom is -0.373 e. The van der Waals surface area contributed by atoms with Gasteiger partial charge in [0.25, 0.3) is 0 Å². The fourth-order valence-corrected chi connectivity index (χ4v) is 3.38. The van der Waals surface area contributed by atoms with Gasteiger partial charge in [-0.15, -0.1) is 0 Å². The number of rotatable bonds is 3. The smallest absolute Gasteiger partial charge is 0.141 e. The van der Waals surface area contributed by atoms with Crippen LogP contribution in [0.1, 0.15) is 11.5 Å². The van der Waals surface area contributed by atoms with E-state index >= 15 is 0 Å². The van der Waals surface area contributed by atoms with Crippen molar-refractivity contribution in [1.82, 2.24) is 14.7 Å². The fraction of sp³-hybridized carbons (Fsp3) is 0.200. The van der Waals surface area contributed by atoms with Gasteiger partial charge in [0, 0.05) is 49.1 Å². The van der Waals surface area contributed by atoms with Gasteiger partial charge in [-0.05, 0) is 31.0 Å². The van der Waals surface area contributed by atoms with Crippen molar-refractivity contribution >= 4 is 16.7 Å². The Bertz CT molecular complexity index is 1060. The van der Waals surface area contributed by atoms with Crippen LogP contribution < -0.4 is 5.32 Å². The summed E-state index contributed by atoms with van der Waals surface area (Å²) in [6, 6.07) is 10.6. The van der Waals surface area contributed by atoms with Gasteiger partial charge in [-0.1, -0.05) is 23.4 Å². The maximum absolute atomic E-state index is 5.32. The summed E-state index contributed by atoms with van der Waals surface area (Å²) in [5, 5.41) is 8.30. The number of hydrogen-bond donors (Lipinski definition) is 1. The van der Waals surface area contributed by atoms with E-state index in [4.69, 9.17) is 4.52 Å². The van der Waals surface area contributed by atoms with E-state index in [0.29, 0.717) is 0 Å². The van der Waals surface area contributed by atoms with Gasteiger partial charge in [0.2, 0.25) is 0 Å². The number of aryl methyl sites for hydroxylation is 3. The molecule has 25 heavy (non-hydrogen) atoms. The van der Waals surface area contributed by atoms with Crippen LogP contribution >= 0.6 is 0 Å². The molecule has 1 aromatic carbocycles. The second kappa shape index (κ2) is 5.77. The molecule has 0 amide bonds. The van der Waals surface area contributed by atoms with Gasteiger partial charge < -0.3 is 14.4 Å². The molecular weight excluding hydrogens is 312 g/mol. The van der Waals surface area contributed by atoms with Gasteiger partial charge in [-0.25, -0.2) is 4.98 Å². The minimum absolute atomic E-state index is 0.841. The first kappa shape index (κ1) is 15.4. The van der Waals surface area contributed by atoms with E-state index in [-0.39, 0.29) is 0 Å². The van der Waals surface area contributed by atoms with Gasteiger partial charge in [0.1, 0.15) is 11.6 Å². The molecule has 3 heterocycles. The molecule has 0 bridgehead atoms. The van der Waals surface area contributed by atoms with Gasteiger partial charge in [-0.2, -0.15) is 0 Å². The Morgan fingerprint density at radius 3 is 2.64 bits per heavy atom. The lowest BCUT2D eigenvalue weighted by Gasteiger charge is -2.05. The lowest BCUT2D eigenvalue weighted by molar-refractivity contribution is 0.393. The molecule has 4 aromatic rings. The summed E-state index contributed by atoms with van der Waals surface area (Å²) in [7, 11) is 3.94. The van der Waals surface area contributed by atoms with Crippen LogP contribution in [0, 0.1) is 13.8 Å². The molecule has 1 N–H and O–H groups in total. The molecule has 0 radical (unpaired) electrons. The van der Waals surface area contributed by atoms with Crippen LogP contribution in [-0.4, -0.2) is 21.8 Å². The third kappa shape index (κ3) is 2.48. The first-order valence-corrected chi connectivity index (χ1v) is 8.25. The zero-order valence-electron chi connectivity index (χ0n) is 14.8. The molecule has 0 aliphatic carbocycles. The Morgan fingerprint density at radius 1 is 1.12 bits per heavy atom. The molecule has 5 nitrogen and oxygen atoms in total. The summed E-state index contributed by atoms with van der Waals surface area (Å²) in [5.74, 6) is 1.71. The van der Waals surface area contributed by atoms with Gasteiger partial charge in [0.15, 0.2) is 0 Å². The zero-order valence-corrected chi connectivity index (χ0v) is 14.8.